The summed E-state index contributed by atoms with van der Waals surface area (Å²) < 4.78 is 0. The van der Waals surface area contributed by atoms with Crippen molar-refractivity contribution in [3.8, 4) is 0 Å². The standard InChI is InChI=1S/C18H25N/c1-12(2)6-17-7-13(3)8-18(19-17)11-16-10-14-4-5-15(16)9-14/h4-5,7-8,12,14-16H,6,9-11H2,1-3H3/t14-,15+,16-/m0/s1. The fourth-order valence-corrected chi connectivity index (χ4v) is 3.84. The maximum absolute atomic E-state index is 4.90. The van der Waals surface area contributed by atoms with E-state index >= 15 is 0 Å². The van der Waals surface area contributed by atoms with Crippen LogP contribution >= 0.6 is 0 Å². The van der Waals surface area contributed by atoms with Gasteiger partial charge in [0.1, 0.15) is 0 Å². The zero-order valence-corrected chi connectivity index (χ0v) is 12.4. The van der Waals surface area contributed by atoms with E-state index in [1.165, 1.54) is 36.2 Å². The second-order valence-electron chi connectivity index (χ2n) is 6.97. The van der Waals surface area contributed by atoms with E-state index in [4.69, 9.17) is 4.98 Å². The molecule has 1 aromatic heterocycles. The normalized spacial score (nSPS) is 28.5. The highest BCUT2D eigenvalue weighted by molar-refractivity contribution is 5.22. The molecule has 3 rings (SSSR count). The summed E-state index contributed by atoms with van der Waals surface area (Å²) in [6.07, 6.45) is 9.94. The number of rotatable bonds is 4. The predicted molar refractivity (Wildman–Crippen MR) is 80.1 cm³/mol. The summed E-state index contributed by atoms with van der Waals surface area (Å²) in [5, 5.41) is 0. The smallest absolute Gasteiger partial charge is 0.0412 e. The number of hydrogen-bond donors (Lipinski definition) is 0. The molecule has 2 bridgehead atoms. The van der Waals surface area contributed by atoms with Crippen LogP contribution in [0.2, 0.25) is 0 Å². The average molecular weight is 255 g/mol. The monoisotopic (exact) mass is 255 g/mol. The Kier molecular flexibility index (Phi) is 3.47. The molecule has 2 aliphatic rings. The largest absolute Gasteiger partial charge is 0.258 e. The number of hydrogen-bond acceptors (Lipinski definition) is 1. The van der Waals surface area contributed by atoms with Crippen LogP contribution in [0.15, 0.2) is 24.3 Å². The van der Waals surface area contributed by atoms with E-state index in [9.17, 15) is 0 Å². The Morgan fingerprint density at radius 1 is 1.16 bits per heavy atom. The third kappa shape index (κ3) is 2.91. The van der Waals surface area contributed by atoms with Gasteiger partial charge in [-0.25, -0.2) is 0 Å². The molecular weight excluding hydrogens is 230 g/mol. The van der Waals surface area contributed by atoms with Gasteiger partial charge in [-0.15, -0.1) is 0 Å². The van der Waals surface area contributed by atoms with E-state index in [0.717, 1.165) is 24.2 Å². The highest BCUT2D eigenvalue weighted by atomic mass is 14.7. The molecule has 0 saturated heterocycles. The van der Waals surface area contributed by atoms with Gasteiger partial charge in [-0.3, -0.25) is 4.98 Å². The Hall–Kier alpha value is -1.11. The minimum atomic E-state index is 0.688. The van der Waals surface area contributed by atoms with Crippen molar-refractivity contribution in [2.24, 2.45) is 23.7 Å². The molecule has 0 amide bonds. The van der Waals surface area contributed by atoms with Crippen LogP contribution in [0.4, 0.5) is 0 Å². The Bertz CT molecular complexity index is 486. The molecule has 0 radical (unpaired) electrons. The summed E-state index contributed by atoms with van der Waals surface area (Å²) >= 11 is 0. The van der Waals surface area contributed by atoms with Crippen LogP contribution in [0.3, 0.4) is 0 Å². The molecule has 1 nitrogen and oxygen atoms in total. The molecular formula is C18H25N. The zero-order chi connectivity index (χ0) is 13.4. The lowest BCUT2D eigenvalue weighted by Gasteiger charge is -2.18. The van der Waals surface area contributed by atoms with E-state index in [-0.39, 0.29) is 0 Å². The maximum Gasteiger partial charge on any atom is 0.0412 e. The lowest BCUT2D eigenvalue weighted by molar-refractivity contribution is 0.440. The van der Waals surface area contributed by atoms with Gasteiger partial charge in [0.25, 0.3) is 0 Å². The third-order valence-electron chi connectivity index (χ3n) is 4.58. The second-order valence-corrected chi connectivity index (χ2v) is 6.97. The Balaban J connectivity index is 1.73. The lowest BCUT2D eigenvalue weighted by atomic mass is 9.89. The molecule has 1 heterocycles. The van der Waals surface area contributed by atoms with Gasteiger partial charge in [-0.2, -0.15) is 0 Å². The average Bonchev–Trinajstić information content (AvgIpc) is 2.88. The molecule has 0 aromatic carbocycles. The number of nitrogens with zero attached hydrogens (tertiary/aromatic N) is 1. The predicted octanol–water partition coefficient (Wildman–Crippen LogP) is 4.34. The Morgan fingerprint density at radius 2 is 1.95 bits per heavy atom. The van der Waals surface area contributed by atoms with Gasteiger partial charge in [0.2, 0.25) is 0 Å². The number of allylic oxidation sites excluding steroid dienone is 2. The molecule has 0 spiro atoms. The first kappa shape index (κ1) is 12.9. The van der Waals surface area contributed by atoms with E-state index < -0.39 is 0 Å². The minimum absolute atomic E-state index is 0.688. The minimum Gasteiger partial charge on any atom is -0.258 e. The Morgan fingerprint density at radius 3 is 2.58 bits per heavy atom. The zero-order valence-electron chi connectivity index (χ0n) is 12.4. The number of fused-ring (bicyclic) bond motifs is 2. The fraction of sp³-hybridized carbons (Fsp3) is 0.611. The molecule has 19 heavy (non-hydrogen) atoms. The van der Waals surface area contributed by atoms with Crippen molar-refractivity contribution in [1.82, 2.24) is 4.98 Å². The molecule has 0 unspecified atom stereocenters. The van der Waals surface area contributed by atoms with Gasteiger partial charge in [-0.05, 0) is 74.0 Å². The van der Waals surface area contributed by atoms with E-state index in [1.807, 2.05) is 0 Å². The molecule has 1 aromatic rings. The molecule has 1 heteroatoms. The van der Waals surface area contributed by atoms with Gasteiger partial charge in [0.05, 0.1) is 0 Å². The van der Waals surface area contributed by atoms with Crippen LogP contribution < -0.4 is 0 Å². The summed E-state index contributed by atoms with van der Waals surface area (Å²) in [5.41, 5.74) is 3.98. The maximum atomic E-state index is 4.90. The molecule has 1 saturated carbocycles. The van der Waals surface area contributed by atoms with Gasteiger partial charge in [0.15, 0.2) is 0 Å². The highest BCUT2D eigenvalue weighted by Crippen LogP contribution is 2.44. The van der Waals surface area contributed by atoms with Crippen molar-refractivity contribution in [3.63, 3.8) is 0 Å². The quantitative estimate of drug-likeness (QED) is 0.729. The van der Waals surface area contributed by atoms with Crippen LogP contribution in [-0.2, 0) is 12.8 Å². The van der Waals surface area contributed by atoms with Crippen molar-refractivity contribution in [1.29, 1.82) is 0 Å². The van der Waals surface area contributed by atoms with Crippen molar-refractivity contribution in [2.75, 3.05) is 0 Å². The van der Waals surface area contributed by atoms with Crippen LogP contribution in [0.1, 0.15) is 43.6 Å². The van der Waals surface area contributed by atoms with Crippen molar-refractivity contribution < 1.29 is 0 Å². The van der Waals surface area contributed by atoms with Crippen molar-refractivity contribution in [2.45, 2.75) is 46.5 Å². The van der Waals surface area contributed by atoms with Gasteiger partial charge in [0, 0.05) is 11.4 Å². The van der Waals surface area contributed by atoms with Gasteiger partial charge in [-0.1, -0.05) is 26.0 Å². The van der Waals surface area contributed by atoms with E-state index in [2.05, 4.69) is 45.1 Å². The molecule has 0 aliphatic heterocycles. The van der Waals surface area contributed by atoms with Crippen LogP contribution in [0, 0.1) is 30.6 Å². The summed E-state index contributed by atoms with van der Waals surface area (Å²) in [6, 6.07) is 4.55. The van der Waals surface area contributed by atoms with E-state index in [0.29, 0.717) is 5.92 Å². The SMILES string of the molecule is Cc1cc(CC(C)C)nc(C[C@@H]2C[C@H]3C=C[C@@H]2C3)c1. The first-order valence-corrected chi connectivity index (χ1v) is 7.75. The molecule has 3 atom stereocenters. The number of aromatic nitrogens is 1. The molecule has 2 aliphatic carbocycles. The number of aryl methyl sites for hydroxylation is 1. The third-order valence-corrected chi connectivity index (χ3v) is 4.58. The summed E-state index contributed by atoms with van der Waals surface area (Å²) in [7, 11) is 0. The summed E-state index contributed by atoms with van der Waals surface area (Å²) in [6.45, 7) is 6.74. The van der Waals surface area contributed by atoms with Gasteiger partial charge >= 0.3 is 0 Å². The summed E-state index contributed by atoms with van der Waals surface area (Å²) in [5.74, 6) is 3.24. The molecule has 1 fully saturated rings. The lowest BCUT2D eigenvalue weighted by Crippen LogP contribution is -2.12. The number of pyridine rings is 1. The first-order valence-electron chi connectivity index (χ1n) is 7.75. The van der Waals surface area contributed by atoms with Crippen LogP contribution in [0.5, 0.6) is 0 Å². The van der Waals surface area contributed by atoms with Crippen molar-refractivity contribution in [3.05, 3.63) is 41.2 Å². The van der Waals surface area contributed by atoms with Crippen LogP contribution in [-0.4, -0.2) is 4.98 Å². The van der Waals surface area contributed by atoms with Gasteiger partial charge < -0.3 is 0 Å². The fourth-order valence-electron chi connectivity index (χ4n) is 3.84. The second kappa shape index (κ2) is 5.11. The molecule has 0 N–H and O–H groups in total. The van der Waals surface area contributed by atoms with Crippen LogP contribution in [0.25, 0.3) is 0 Å². The van der Waals surface area contributed by atoms with Crippen molar-refractivity contribution >= 4 is 0 Å². The highest BCUT2D eigenvalue weighted by Gasteiger charge is 2.35. The summed E-state index contributed by atoms with van der Waals surface area (Å²) in [4.78, 5) is 4.90. The Labute approximate surface area is 117 Å². The van der Waals surface area contributed by atoms with E-state index in [1.54, 1.807) is 0 Å². The molecule has 102 valence electrons. The first-order chi connectivity index (χ1) is 9.10. The topological polar surface area (TPSA) is 12.9 Å².